The summed E-state index contributed by atoms with van der Waals surface area (Å²) in [5.74, 6) is 0.121. The summed E-state index contributed by atoms with van der Waals surface area (Å²) in [6, 6.07) is 7.86. The number of carboxylic acids is 1. The molecule has 1 aromatic heterocycles. The van der Waals surface area contributed by atoms with Gasteiger partial charge in [-0.3, -0.25) is 9.69 Å². The van der Waals surface area contributed by atoms with E-state index in [1.165, 1.54) is 0 Å². The number of likely N-dealkylation sites (N-methyl/N-ethyl adjacent to an activating group) is 1. The summed E-state index contributed by atoms with van der Waals surface area (Å²) in [7, 11) is 1.93. The van der Waals surface area contributed by atoms with Crippen LogP contribution in [0.25, 0.3) is 11.0 Å². The first-order valence-corrected chi connectivity index (χ1v) is 7.07. The first-order valence-electron chi connectivity index (χ1n) is 7.07. The highest BCUT2D eigenvalue weighted by Gasteiger charge is 2.12. The fourth-order valence-corrected chi connectivity index (χ4v) is 2.38. The Morgan fingerprint density at radius 2 is 2.14 bits per heavy atom. The van der Waals surface area contributed by atoms with Gasteiger partial charge in [-0.05, 0) is 25.6 Å². The number of aryl methyl sites for hydroxylation is 1. The number of fused-ring (bicyclic) bond motifs is 1. The smallest absolute Gasteiger partial charge is 0.303 e. The van der Waals surface area contributed by atoms with Gasteiger partial charge in [-0.2, -0.15) is 0 Å². The number of imidazole rings is 1. The lowest BCUT2D eigenvalue weighted by atomic mass is 10.3. The van der Waals surface area contributed by atoms with E-state index in [1.807, 2.05) is 36.2 Å². The van der Waals surface area contributed by atoms with Crippen LogP contribution in [0.1, 0.15) is 18.7 Å². The van der Waals surface area contributed by atoms with Crippen molar-refractivity contribution < 1.29 is 15.0 Å². The molecule has 0 amide bonds. The summed E-state index contributed by atoms with van der Waals surface area (Å²) in [5, 5.41) is 17.8. The van der Waals surface area contributed by atoms with E-state index in [4.69, 9.17) is 10.2 Å². The van der Waals surface area contributed by atoms with Crippen molar-refractivity contribution >= 4 is 17.0 Å². The number of benzene rings is 1. The zero-order valence-corrected chi connectivity index (χ0v) is 12.2. The summed E-state index contributed by atoms with van der Waals surface area (Å²) in [4.78, 5) is 17.3. The Balaban J connectivity index is 2.23. The molecule has 114 valence electrons. The first kappa shape index (κ1) is 15.5. The van der Waals surface area contributed by atoms with Gasteiger partial charge in [0.05, 0.1) is 24.2 Å². The van der Waals surface area contributed by atoms with Crippen LogP contribution < -0.4 is 0 Å². The maximum absolute atomic E-state index is 10.7. The molecule has 0 unspecified atom stereocenters. The highest BCUT2D eigenvalue weighted by atomic mass is 16.4. The number of carbonyl (C=O) groups is 1. The number of aliphatic hydroxyl groups excluding tert-OH is 1. The SMILES string of the molecule is CN(CCO)Cc1nc2ccccc2n1CCCC(=O)O. The van der Waals surface area contributed by atoms with Gasteiger partial charge in [-0.25, -0.2) is 4.98 Å². The van der Waals surface area contributed by atoms with Gasteiger partial charge in [-0.1, -0.05) is 12.1 Å². The largest absolute Gasteiger partial charge is 0.481 e. The summed E-state index contributed by atoms with van der Waals surface area (Å²) in [6.07, 6.45) is 0.727. The molecule has 21 heavy (non-hydrogen) atoms. The normalized spacial score (nSPS) is 11.4. The Bertz CT molecular complexity index is 609. The van der Waals surface area contributed by atoms with Crippen LogP contribution in [0.2, 0.25) is 0 Å². The molecule has 6 heteroatoms. The summed E-state index contributed by atoms with van der Waals surface area (Å²) in [6.45, 7) is 1.95. The Morgan fingerprint density at radius 3 is 2.86 bits per heavy atom. The van der Waals surface area contributed by atoms with Crippen molar-refractivity contribution in [2.45, 2.75) is 25.9 Å². The van der Waals surface area contributed by atoms with Crippen molar-refractivity contribution in [2.75, 3.05) is 20.2 Å². The number of carboxylic acid groups (broad SMARTS) is 1. The van der Waals surface area contributed by atoms with E-state index in [2.05, 4.69) is 9.55 Å². The quantitative estimate of drug-likeness (QED) is 0.767. The third kappa shape index (κ3) is 4.03. The standard InChI is InChI=1S/C15H21N3O3/c1-17(9-10-19)11-14-16-12-5-2-3-6-13(12)18(14)8-4-7-15(20)21/h2-3,5-6,19H,4,7-11H2,1H3,(H,20,21). The Kier molecular flexibility index (Phi) is 5.30. The molecule has 0 atom stereocenters. The van der Waals surface area contributed by atoms with Gasteiger partial charge < -0.3 is 14.8 Å². The van der Waals surface area contributed by atoms with Gasteiger partial charge in [0, 0.05) is 19.5 Å². The van der Waals surface area contributed by atoms with Crippen LogP contribution in [0.5, 0.6) is 0 Å². The number of rotatable bonds is 8. The first-order chi connectivity index (χ1) is 10.1. The minimum absolute atomic E-state index is 0.107. The molecule has 0 spiro atoms. The molecular weight excluding hydrogens is 270 g/mol. The van der Waals surface area contributed by atoms with E-state index in [0.29, 0.717) is 26.1 Å². The predicted molar refractivity (Wildman–Crippen MR) is 80.0 cm³/mol. The van der Waals surface area contributed by atoms with Crippen LogP contribution in [0.15, 0.2) is 24.3 Å². The minimum atomic E-state index is -0.779. The highest BCUT2D eigenvalue weighted by Crippen LogP contribution is 2.18. The maximum Gasteiger partial charge on any atom is 0.303 e. The topological polar surface area (TPSA) is 78.6 Å². The fourth-order valence-electron chi connectivity index (χ4n) is 2.38. The zero-order chi connectivity index (χ0) is 15.2. The van der Waals surface area contributed by atoms with Crippen molar-refractivity contribution in [3.8, 4) is 0 Å². The monoisotopic (exact) mass is 291 g/mol. The van der Waals surface area contributed by atoms with Gasteiger partial charge in [0.15, 0.2) is 0 Å². The van der Waals surface area contributed by atoms with Gasteiger partial charge in [0.1, 0.15) is 5.82 Å². The molecule has 1 heterocycles. The number of hydrogen-bond acceptors (Lipinski definition) is 4. The second-order valence-corrected chi connectivity index (χ2v) is 5.13. The molecule has 0 aliphatic heterocycles. The molecule has 2 N–H and O–H groups in total. The summed E-state index contributed by atoms with van der Waals surface area (Å²) < 4.78 is 2.08. The molecule has 0 radical (unpaired) electrons. The van der Waals surface area contributed by atoms with E-state index in [9.17, 15) is 4.79 Å². The molecule has 0 saturated carbocycles. The van der Waals surface area contributed by atoms with Crippen LogP contribution in [0.3, 0.4) is 0 Å². The molecule has 0 fully saturated rings. The van der Waals surface area contributed by atoms with Crippen molar-refractivity contribution in [1.29, 1.82) is 0 Å². The number of para-hydroxylation sites is 2. The fraction of sp³-hybridized carbons (Fsp3) is 0.467. The van der Waals surface area contributed by atoms with Gasteiger partial charge in [-0.15, -0.1) is 0 Å². The molecule has 0 saturated heterocycles. The van der Waals surface area contributed by atoms with Crippen molar-refractivity contribution in [1.82, 2.24) is 14.5 Å². The zero-order valence-electron chi connectivity index (χ0n) is 12.2. The molecule has 6 nitrogen and oxygen atoms in total. The average Bonchev–Trinajstić information content (AvgIpc) is 2.76. The van der Waals surface area contributed by atoms with Gasteiger partial charge >= 0.3 is 5.97 Å². The maximum atomic E-state index is 10.7. The van der Waals surface area contributed by atoms with E-state index in [0.717, 1.165) is 16.9 Å². The number of aliphatic hydroxyl groups is 1. The average molecular weight is 291 g/mol. The van der Waals surface area contributed by atoms with Crippen molar-refractivity contribution in [2.24, 2.45) is 0 Å². The van der Waals surface area contributed by atoms with E-state index in [1.54, 1.807) is 0 Å². The molecular formula is C15H21N3O3. The van der Waals surface area contributed by atoms with Crippen LogP contribution >= 0.6 is 0 Å². The van der Waals surface area contributed by atoms with Gasteiger partial charge in [0.2, 0.25) is 0 Å². The molecule has 0 bridgehead atoms. The van der Waals surface area contributed by atoms with E-state index in [-0.39, 0.29) is 13.0 Å². The highest BCUT2D eigenvalue weighted by molar-refractivity contribution is 5.75. The molecule has 2 rings (SSSR count). The number of nitrogens with zero attached hydrogens (tertiary/aromatic N) is 3. The second kappa shape index (κ2) is 7.19. The minimum Gasteiger partial charge on any atom is -0.481 e. The Hall–Kier alpha value is -1.92. The van der Waals surface area contributed by atoms with Crippen LogP contribution in [-0.4, -0.2) is 50.8 Å². The number of hydrogen-bond donors (Lipinski definition) is 2. The lowest BCUT2D eigenvalue weighted by molar-refractivity contribution is -0.137. The second-order valence-electron chi connectivity index (χ2n) is 5.13. The third-order valence-electron chi connectivity index (χ3n) is 3.40. The van der Waals surface area contributed by atoms with Crippen LogP contribution in [-0.2, 0) is 17.9 Å². The summed E-state index contributed by atoms with van der Waals surface area (Å²) >= 11 is 0. The van der Waals surface area contributed by atoms with Crippen LogP contribution in [0, 0.1) is 0 Å². The van der Waals surface area contributed by atoms with Crippen LogP contribution in [0.4, 0.5) is 0 Å². The molecule has 2 aromatic rings. The molecule has 0 aliphatic rings. The Labute approximate surface area is 123 Å². The summed E-state index contributed by atoms with van der Waals surface area (Å²) in [5.41, 5.74) is 1.94. The lowest BCUT2D eigenvalue weighted by Crippen LogP contribution is -2.23. The van der Waals surface area contributed by atoms with Crippen molar-refractivity contribution in [3.63, 3.8) is 0 Å². The molecule has 1 aromatic carbocycles. The van der Waals surface area contributed by atoms with Crippen molar-refractivity contribution in [3.05, 3.63) is 30.1 Å². The predicted octanol–water partition coefficient (Wildman–Crippen LogP) is 1.33. The van der Waals surface area contributed by atoms with E-state index < -0.39 is 5.97 Å². The number of aliphatic carboxylic acids is 1. The number of aromatic nitrogens is 2. The van der Waals surface area contributed by atoms with Gasteiger partial charge in [0.25, 0.3) is 0 Å². The lowest BCUT2D eigenvalue weighted by Gasteiger charge is -2.16. The third-order valence-corrected chi connectivity index (χ3v) is 3.40. The van der Waals surface area contributed by atoms with E-state index >= 15 is 0 Å². The Morgan fingerprint density at radius 1 is 1.38 bits per heavy atom. The molecule has 0 aliphatic carbocycles.